The zero-order valence-electron chi connectivity index (χ0n) is 16.2. The quantitative estimate of drug-likeness (QED) is 0.735. The highest BCUT2D eigenvalue weighted by Gasteiger charge is 2.28. The highest BCUT2D eigenvalue weighted by Crippen LogP contribution is 2.21. The molecule has 1 aromatic carbocycles. The van der Waals surface area contributed by atoms with E-state index in [-0.39, 0.29) is 11.8 Å². The molecule has 2 aromatic heterocycles. The highest BCUT2D eigenvalue weighted by atomic mass is 16.2. The predicted molar refractivity (Wildman–Crippen MR) is 109 cm³/mol. The Morgan fingerprint density at radius 3 is 2.24 bits per heavy atom. The number of hydrogen-bond donors (Lipinski definition) is 1. The van der Waals surface area contributed by atoms with E-state index in [1.54, 1.807) is 38.9 Å². The molecule has 3 heterocycles. The van der Waals surface area contributed by atoms with Gasteiger partial charge in [-0.1, -0.05) is 24.3 Å². The van der Waals surface area contributed by atoms with Gasteiger partial charge in [-0.25, -0.2) is 4.68 Å². The van der Waals surface area contributed by atoms with Crippen LogP contribution in [0.15, 0.2) is 54.9 Å². The van der Waals surface area contributed by atoms with Crippen molar-refractivity contribution in [2.45, 2.75) is 6.92 Å². The number of rotatable bonds is 3. The number of hydrogen-bond acceptors (Lipinski definition) is 5. The Morgan fingerprint density at radius 1 is 0.931 bits per heavy atom. The molecule has 148 valence electrons. The fourth-order valence-corrected chi connectivity index (χ4v) is 3.45. The fraction of sp³-hybridized carbons (Fsp3) is 0.238. The number of aromatic nitrogens is 3. The van der Waals surface area contributed by atoms with Crippen LogP contribution in [0.3, 0.4) is 0 Å². The molecule has 8 nitrogen and oxygen atoms in total. The molecule has 1 aliphatic rings. The summed E-state index contributed by atoms with van der Waals surface area (Å²) in [5, 5.41) is 4.32. The lowest BCUT2D eigenvalue weighted by Crippen LogP contribution is -2.50. The van der Waals surface area contributed by atoms with Crippen LogP contribution in [0.2, 0.25) is 0 Å². The SMILES string of the molecule is Cc1ccccc1-n1ncc(C(=O)N2CCN(C(=O)c3ccccn3)CC2)c1N. The fourth-order valence-electron chi connectivity index (χ4n) is 3.45. The standard InChI is InChI=1S/C21H22N6O2/c1-15-6-2-3-8-18(15)27-19(22)16(14-24-27)20(28)25-10-12-26(13-11-25)21(29)17-7-4-5-9-23-17/h2-9,14H,10-13,22H2,1H3. The number of para-hydroxylation sites is 1. The number of amides is 2. The molecule has 4 rings (SSSR count). The number of piperazine rings is 1. The van der Waals surface area contributed by atoms with E-state index in [1.807, 2.05) is 31.2 Å². The molecule has 8 heteroatoms. The van der Waals surface area contributed by atoms with Gasteiger partial charge in [0.15, 0.2) is 0 Å². The third-order valence-electron chi connectivity index (χ3n) is 5.12. The van der Waals surface area contributed by atoms with Crippen molar-refractivity contribution in [3.05, 3.63) is 71.7 Å². The Labute approximate surface area is 168 Å². The summed E-state index contributed by atoms with van der Waals surface area (Å²) in [5.41, 5.74) is 8.89. The maximum atomic E-state index is 13.0. The molecule has 1 saturated heterocycles. The van der Waals surface area contributed by atoms with Crippen molar-refractivity contribution >= 4 is 17.6 Å². The van der Waals surface area contributed by atoms with Crippen molar-refractivity contribution in [1.82, 2.24) is 24.6 Å². The first kappa shape index (κ1) is 18.7. The van der Waals surface area contributed by atoms with E-state index in [9.17, 15) is 9.59 Å². The van der Waals surface area contributed by atoms with E-state index in [1.165, 1.54) is 6.20 Å². The summed E-state index contributed by atoms with van der Waals surface area (Å²) in [5.74, 6) is 0.0214. The van der Waals surface area contributed by atoms with Gasteiger partial charge in [-0.15, -0.1) is 0 Å². The van der Waals surface area contributed by atoms with Crippen molar-refractivity contribution in [3.8, 4) is 5.69 Å². The van der Waals surface area contributed by atoms with E-state index in [0.29, 0.717) is 43.3 Å². The number of carbonyl (C=O) groups is 2. The molecule has 0 atom stereocenters. The number of nitrogens with zero attached hydrogens (tertiary/aromatic N) is 5. The molecule has 29 heavy (non-hydrogen) atoms. The monoisotopic (exact) mass is 390 g/mol. The largest absolute Gasteiger partial charge is 0.383 e. The van der Waals surface area contributed by atoms with E-state index >= 15 is 0 Å². The smallest absolute Gasteiger partial charge is 0.272 e. The first-order valence-corrected chi connectivity index (χ1v) is 9.45. The molecule has 1 fully saturated rings. The summed E-state index contributed by atoms with van der Waals surface area (Å²) in [6.07, 6.45) is 3.11. The van der Waals surface area contributed by atoms with Crippen molar-refractivity contribution < 1.29 is 9.59 Å². The summed E-state index contributed by atoms with van der Waals surface area (Å²) in [6, 6.07) is 13.0. The second-order valence-electron chi connectivity index (χ2n) is 6.94. The van der Waals surface area contributed by atoms with Gasteiger partial charge >= 0.3 is 0 Å². The van der Waals surface area contributed by atoms with E-state index in [4.69, 9.17) is 5.73 Å². The molecule has 0 spiro atoms. The minimum atomic E-state index is -0.174. The zero-order valence-corrected chi connectivity index (χ0v) is 16.2. The van der Waals surface area contributed by atoms with Gasteiger partial charge in [0.05, 0.1) is 11.9 Å². The van der Waals surface area contributed by atoms with Crippen LogP contribution in [-0.4, -0.2) is 62.6 Å². The van der Waals surface area contributed by atoms with E-state index in [0.717, 1.165) is 11.3 Å². The minimum Gasteiger partial charge on any atom is -0.383 e. The lowest BCUT2D eigenvalue weighted by Gasteiger charge is -2.34. The third-order valence-corrected chi connectivity index (χ3v) is 5.12. The van der Waals surface area contributed by atoms with Crippen LogP contribution in [0.25, 0.3) is 5.69 Å². The number of anilines is 1. The molecule has 2 amide bonds. The number of carbonyl (C=O) groups excluding carboxylic acids is 2. The van der Waals surface area contributed by atoms with Gasteiger partial charge in [0.25, 0.3) is 11.8 Å². The van der Waals surface area contributed by atoms with Crippen LogP contribution in [0, 0.1) is 6.92 Å². The predicted octanol–water partition coefficient (Wildman–Crippen LogP) is 1.76. The van der Waals surface area contributed by atoms with Gasteiger partial charge in [-0.05, 0) is 30.7 Å². The molecular formula is C21H22N6O2. The van der Waals surface area contributed by atoms with Crippen molar-refractivity contribution in [1.29, 1.82) is 0 Å². The molecule has 0 bridgehead atoms. The Hall–Kier alpha value is -3.68. The summed E-state index contributed by atoms with van der Waals surface area (Å²) in [7, 11) is 0. The summed E-state index contributed by atoms with van der Waals surface area (Å²) >= 11 is 0. The number of nitrogen functional groups attached to an aromatic ring is 1. The Balaban J connectivity index is 1.45. The highest BCUT2D eigenvalue weighted by molar-refractivity contribution is 5.99. The number of benzene rings is 1. The lowest BCUT2D eigenvalue weighted by molar-refractivity contribution is 0.0533. The van der Waals surface area contributed by atoms with Crippen LogP contribution in [0.5, 0.6) is 0 Å². The summed E-state index contributed by atoms with van der Waals surface area (Å²) in [4.78, 5) is 33.0. The number of pyridine rings is 1. The van der Waals surface area contributed by atoms with Gasteiger partial charge in [0, 0.05) is 32.4 Å². The van der Waals surface area contributed by atoms with Crippen LogP contribution in [0.1, 0.15) is 26.4 Å². The summed E-state index contributed by atoms with van der Waals surface area (Å²) < 4.78 is 1.59. The number of nitrogens with two attached hydrogens (primary N) is 1. The molecule has 0 aliphatic carbocycles. The second-order valence-corrected chi connectivity index (χ2v) is 6.94. The van der Waals surface area contributed by atoms with Crippen molar-refractivity contribution in [3.63, 3.8) is 0 Å². The van der Waals surface area contributed by atoms with Crippen LogP contribution in [0.4, 0.5) is 5.82 Å². The Kier molecular flexibility index (Phi) is 4.99. The maximum Gasteiger partial charge on any atom is 0.272 e. The van der Waals surface area contributed by atoms with Gasteiger partial charge < -0.3 is 15.5 Å². The first-order chi connectivity index (χ1) is 14.1. The average Bonchev–Trinajstić information content (AvgIpc) is 3.15. The van der Waals surface area contributed by atoms with Crippen LogP contribution in [-0.2, 0) is 0 Å². The average molecular weight is 390 g/mol. The molecule has 0 unspecified atom stereocenters. The normalized spacial score (nSPS) is 14.1. The Morgan fingerprint density at radius 2 is 1.59 bits per heavy atom. The molecule has 2 N–H and O–H groups in total. The molecular weight excluding hydrogens is 368 g/mol. The van der Waals surface area contributed by atoms with Gasteiger partial charge in [-0.3, -0.25) is 14.6 Å². The molecule has 1 aliphatic heterocycles. The third kappa shape index (κ3) is 3.56. The van der Waals surface area contributed by atoms with Gasteiger partial charge in [-0.2, -0.15) is 5.10 Å². The summed E-state index contributed by atoms with van der Waals surface area (Å²) in [6.45, 7) is 3.74. The Bertz CT molecular complexity index is 1040. The molecule has 0 radical (unpaired) electrons. The molecule has 3 aromatic rings. The second kappa shape index (κ2) is 7.75. The van der Waals surface area contributed by atoms with Crippen LogP contribution < -0.4 is 5.73 Å². The van der Waals surface area contributed by atoms with Gasteiger partial charge in [0.1, 0.15) is 17.1 Å². The van der Waals surface area contributed by atoms with Crippen molar-refractivity contribution in [2.24, 2.45) is 0 Å². The van der Waals surface area contributed by atoms with Crippen LogP contribution >= 0.6 is 0 Å². The van der Waals surface area contributed by atoms with E-state index in [2.05, 4.69) is 10.1 Å². The lowest BCUT2D eigenvalue weighted by atomic mass is 10.2. The molecule has 0 saturated carbocycles. The maximum absolute atomic E-state index is 13.0. The first-order valence-electron chi connectivity index (χ1n) is 9.45. The topological polar surface area (TPSA) is 97.4 Å². The number of aryl methyl sites for hydroxylation is 1. The van der Waals surface area contributed by atoms with Crippen molar-refractivity contribution in [2.75, 3.05) is 31.9 Å². The van der Waals surface area contributed by atoms with E-state index < -0.39 is 0 Å². The minimum absolute atomic E-state index is 0.121. The van der Waals surface area contributed by atoms with Gasteiger partial charge in [0.2, 0.25) is 0 Å². The zero-order chi connectivity index (χ0) is 20.4.